The van der Waals surface area contributed by atoms with Crippen LogP contribution in [0, 0.1) is 6.92 Å². The monoisotopic (exact) mass is 345 g/mol. The van der Waals surface area contributed by atoms with E-state index in [0.29, 0.717) is 16.3 Å². The molecule has 1 unspecified atom stereocenters. The van der Waals surface area contributed by atoms with Gasteiger partial charge in [0, 0.05) is 28.5 Å². The summed E-state index contributed by atoms with van der Waals surface area (Å²) < 4.78 is 0. The number of halogens is 1. The average molecular weight is 346 g/mol. The Bertz CT molecular complexity index is 762. The average Bonchev–Trinajstić information content (AvgIpc) is 2.58. The van der Waals surface area contributed by atoms with Crippen LogP contribution < -0.4 is 10.6 Å². The third-order valence-corrected chi connectivity index (χ3v) is 4.08. The van der Waals surface area contributed by atoms with E-state index in [-0.39, 0.29) is 17.6 Å². The van der Waals surface area contributed by atoms with Gasteiger partial charge in [-0.25, -0.2) is 0 Å². The van der Waals surface area contributed by atoms with Crippen LogP contribution >= 0.6 is 11.6 Å². The molecule has 0 aliphatic heterocycles. The molecule has 0 fully saturated rings. The normalized spacial score (nSPS) is 11.7. The van der Waals surface area contributed by atoms with E-state index in [2.05, 4.69) is 15.6 Å². The Morgan fingerprint density at radius 1 is 1.21 bits per heavy atom. The van der Waals surface area contributed by atoms with E-state index in [4.69, 9.17) is 11.6 Å². The van der Waals surface area contributed by atoms with Crippen LogP contribution in [0.25, 0.3) is 0 Å². The van der Waals surface area contributed by atoms with Crippen LogP contribution in [0.5, 0.6) is 0 Å². The van der Waals surface area contributed by atoms with Crippen LogP contribution in [-0.4, -0.2) is 22.8 Å². The summed E-state index contributed by atoms with van der Waals surface area (Å²) >= 11 is 6.05. The molecule has 0 saturated heterocycles. The lowest BCUT2D eigenvalue weighted by atomic mass is 10.1. The van der Waals surface area contributed by atoms with Gasteiger partial charge in [0.15, 0.2) is 0 Å². The maximum absolute atomic E-state index is 12.3. The number of benzene rings is 1. The third kappa shape index (κ3) is 4.55. The summed E-state index contributed by atoms with van der Waals surface area (Å²) in [5.74, 6) is -0.618. The Morgan fingerprint density at radius 2 is 1.96 bits per heavy atom. The van der Waals surface area contributed by atoms with Crippen LogP contribution in [0.15, 0.2) is 36.5 Å². The Kier molecular flexibility index (Phi) is 5.93. The Labute approximate surface area is 146 Å². The van der Waals surface area contributed by atoms with Crippen molar-refractivity contribution in [3.8, 4) is 0 Å². The molecule has 5 nitrogen and oxygen atoms in total. The lowest BCUT2D eigenvalue weighted by Gasteiger charge is -2.12. The topological polar surface area (TPSA) is 71.1 Å². The Balaban J connectivity index is 2.13. The van der Waals surface area contributed by atoms with E-state index in [1.807, 2.05) is 26.8 Å². The van der Waals surface area contributed by atoms with Gasteiger partial charge < -0.3 is 10.6 Å². The number of carbonyl (C=O) groups is 2. The number of hydrogen-bond acceptors (Lipinski definition) is 3. The van der Waals surface area contributed by atoms with Gasteiger partial charge in [0.2, 0.25) is 0 Å². The molecule has 1 atom stereocenters. The lowest BCUT2D eigenvalue weighted by Crippen LogP contribution is -2.32. The number of hydrogen-bond donors (Lipinski definition) is 2. The zero-order valence-electron chi connectivity index (χ0n) is 13.9. The maximum atomic E-state index is 12.3. The first-order chi connectivity index (χ1) is 11.4. The number of anilines is 1. The summed E-state index contributed by atoms with van der Waals surface area (Å²) in [7, 11) is 0. The van der Waals surface area contributed by atoms with Crippen molar-refractivity contribution in [3.63, 3.8) is 0 Å². The van der Waals surface area contributed by atoms with Gasteiger partial charge in [0.1, 0.15) is 5.69 Å². The molecule has 2 aromatic rings. The first-order valence-electron chi connectivity index (χ1n) is 7.75. The molecule has 1 heterocycles. The molecule has 0 aliphatic rings. The quantitative estimate of drug-likeness (QED) is 0.865. The summed E-state index contributed by atoms with van der Waals surface area (Å²) in [5, 5.41) is 6.16. The zero-order valence-corrected chi connectivity index (χ0v) is 14.6. The summed E-state index contributed by atoms with van der Waals surface area (Å²) in [6.07, 6.45) is 2.28. The molecule has 2 amide bonds. The molecule has 0 saturated carbocycles. The van der Waals surface area contributed by atoms with Gasteiger partial charge in [-0.3, -0.25) is 14.6 Å². The highest BCUT2D eigenvalue weighted by Crippen LogP contribution is 2.20. The van der Waals surface area contributed by atoms with Crippen molar-refractivity contribution in [2.24, 2.45) is 0 Å². The number of amides is 2. The van der Waals surface area contributed by atoms with Gasteiger partial charge >= 0.3 is 0 Å². The number of nitrogens with one attached hydrogen (secondary N) is 2. The molecule has 0 aliphatic carbocycles. The minimum absolute atomic E-state index is 0.0673. The maximum Gasteiger partial charge on any atom is 0.274 e. The van der Waals surface area contributed by atoms with E-state index >= 15 is 0 Å². The van der Waals surface area contributed by atoms with E-state index in [9.17, 15) is 9.59 Å². The van der Waals surface area contributed by atoms with Gasteiger partial charge in [-0.2, -0.15) is 0 Å². The van der Waals surface area contributed by atoms with Gasteiger partial charge in [0.05, 0.1) is 0 Å². The number of aryl methyl sites for hydroxylation is 1. The highest BCUT2D eigenvalue weighted by molar-refractivity contribution is 6.31. The molecule has 6 heteroatoms. The first kappa shape index (κ1) is 17.9. The summed E-state index contributed by atoms with van der Waals surface area (Å²) in [6.45, 7) is 5.80. The smallest absolute Gasteiger partial charge is 0.274 e. The molecule has 126 valence electrons. The molecule has 24 heavy (non-hydrogen) atoms. The molecule has 0 radical (unpaired) electrons. The number of rotatable bonds is 5. The van der Waals surface area contributed by atoms with Crippen molar-refractivity contribution in [1.82, 2.24) is 10.3 Å². The number of aromatic nitrogens is 1. The number of pyridine rings is 1. The standard InChI is InChI=1S/C18H20ClN3O2/c1-4-12(3)21-17(23)13-7-8-20-16(9-13)18(24)22-14-6-5-11(2)15(19)10-14/h5-10,12H,4H2,1-3H3,(H,21,23)(H,22,24). The predicted molar refractivity (Wildman–Crippen MR) is 95.6 cm³/mol. The number of nitrogens with zero attached hydrogens (tertiary/aromatic N) is 1. The molecular formula is C18H20ClN3O2. The van der Waals surface area contributed by atoms with Gasteiger partial charge in [0.25, 0.3) is 11.8 Å². The molecule has 1 aromatic carbocycles. The van der Waals surface area contributed by atoms with Crippen molar-refractivity contribution in [3.05, 3.63) is 58.4 Å². The fourth-order valence-corrected chi connectivity index (χ4v) is 2.15. The second-order valence-corrected chi connectivity index (χ2v) is 6.04. The highest BCUT2D eigenvalue weighted by atomic mass is 35.5. The van der Waals surface area contributed by atoms with Crippen LogP contribution in [0.4, 0.5) is 5.69 Å². The molecule has 1 aromatic heterocycles. The van der Waals surface area contributed by atoms with Crippen LogP contribution in [-0.2, 0) is 0 Å². The highest BCUT2D eigenvalue weighted by Gasteiger charge is 2.13. The van der Waals surface area contributed by atoms with E-state index in [1.54, 1.807) is 18.2 Å². The van der Waals surface area contributed by atoms with Crippen molar-refractivity contribution >= 4 is 29.1 Å². The third-order valence-electron chi connectivity index (χ3n) is 3.67. The van der Waals surface area contributed by atoms with E-state index < -0.39 is 5.91 Å². The van der Waals surface area contributed by atoms with Crippen LogP contribution in [0.2, 0.25) is 5.02 Å². The Morgan fingerprint density at radius 3 is 2.62 bits per heavy atom. The summed E-state index contributed by atoms with van der Waals surface area (Å²) in [6, 6.07) is 8.38. The SMILES string of the molecule is CCC(C)NC(=O)c1ccnc(C(=O)Nc2ccc(C)c(Cl)c2)c1. The van der Waals surface area contributed by atoms with Crippen LogP contribution in [0.3, 0.4) is 0 Å². The second kappa shape index (κ2) is 7.93. The van der Waals surface area contributed by atoms with Crippen molar-refractivity contribution < 1.29 is 9.59 Å². The summed E-state index contributed by atoms with van der Waals surface area (Å²) in [5.41, 5.74) is 2.07. The van der Waals surface area contributed by atoms with E-state index in [1.165, 1.54) is 12.3 Å². The molecule has 2 rings (SSSR count). The molecular weight excluding hydrogens is 326 g/mol. The molecule has 2 N–H and O–H groups in total. The minimum atomic E-state index is -0.395. The minimum Gasteiger partial charge on any atom is -0.350 e. The van der Waals surface area contributed by atoms with Gasteiger partial charge in [-0.15, -0.1) is 0 Å². The van der Waals surface area contributed by atoms with Gasteiger partial charge in [-0.1, -0.05) is 24.6 Å². The summed E-state index contributed by atoms with van der Waals surface area (Å²) in [4.78, 5) is 28.5. The second-order valence-electron chi connectivity index (χ2n) is 5.63. The molecule has 0 bridgehead atoms. The first-order valence-corrected chi connectivity index (χ1v) is 8.13. The van der Waals surface area contributed by atoms with Crippen molar-refractivity contribution in [2.75, 3.05) is 5.32 Å². The van der Waals surface area contributed by atoms with Crippen molar-refractivity contribution in [1.29, 1.82) is 0 Å². The number of carbonyl (C=O) groups excluding carboxylic acids is 2. The predicted octanol–water partition coefficient (Wildman–Crippen LogP) is 3.82. The fourth-order valence-electron chi connectivity index (χ4n) is 1.97. The fraction of sp³-hybridized carbons (Fsp3) is 0.278. The van der Waals surface area contributed by atoms with E-state index in [0.717, 1.165) is 12.0 Å². The zero-order chi connectivity index (χ0) is 17.7. The van der Waals surface area contributed by atoms with Crippen LogP contribution in [0.1, 0.15) is 46.7 Å². The largest absolute Gasteiger partial charge is 0.350 e. The van der Waals surface area contributed by atoms with Gasteiger partial charge in [-0.05, 0) is 50.1 Å². The van der Waals surface area contributed by atoms with Crippen molar-refractivity contribution in [2.45, 2.75) is 33.2 Å². The Hall–Kier alpha value is -2.40. The lowest BCUT2D eigenvalue weighted by molar-refractivity contribution is 0.0939. The molecule has 0 spiro atoms.